The molecule has 19 heavy (non-hydrogen) atoms. The van der Waals surface area contributed by atoms with E-state index in [1.165, 1.54) is 11.8 Å². The number of anilines is 1. The van der Waals surface area contributed by atoms with Crippen molar-refractivity contribution in [3.8, 4) is 0 Å². The monoisotopic (exact) mass is 277 g/mol. The fraction of sp³-hybridized carbons (Fsp3) is 0.250. The minimum absolute atomic E-state index is 0.0755. The van der Waals surface area contributed by atoms with Crippen molar-refractivity contribution in [3.05, 3.63) is 36.2 Å². The van der Waals surface area contributed by atoms with Crippen LogP contribution in [0.25, 0.3) is 0 Å². The van der Waals surface area contributed by atoms with Crippen LogP contribution in [0, 0.1) is 0 Å². The van der Waals surface area contributed by atoms with Crippen LogP contribution >= 0.6 is 11.8 Å². The molecule has 0 aliphatic carbocycles. The first kappa shape index (κ1) is 13.6. The van der Waals surface area contributed by atoms with E-state index < -0.39 is 0 Å². The second-order valence-corrected chi connectivity index (χ2v) is 4.81. The highest BCUT2D eigenvalue weighted by molar-refractivity contribution is 7.99. The number of nitrogens with zero attached hydrogens (tertiary/aromatic N) is 3. The summed E-state index contributed by atoms with van der Waals surface area (Å²) in [6.07, 6.45) is 0. The number of hydrogen-bond donors (Lipinski definition) is 2. The lowest BCUT2D eigenvalue weighted by Crippen LogP contribution is -2.14. The smallest absolute Gasteiger partial charge is 0.234 e. The molecule has 0 atom stereocenters. The number of thioether (sulfide) groups is 1. The van der Waals surface area contributed by atoms with Gasteiger partial charge in [-0.3, -0.25) is 4.79 Å². The average molecular weight is 277 g/mol. The Hall–Kier alpha value is -1.86. The molecular formula is C12H15N5OS. The maximum Gasteiger partial charge on any atom is 0.234 e. The number of nitrogens with one attached hydrogen (secondary N) is 1. The van der Waals surface area contributed by atoms with E-state index in [1.54, 1.807) is 4.57 Å². The quantitative estimate of drug-likeness (QED) is 0.796. The van der Waals surface area contributed by atoms with Gasteiger partial charge < -0.3 is 15.6 Å². The second-order valence-electron chi connectivity index (χ2n) is 3.86. The number of aromatic nitrogens is 3. The van der Waals surface area contributed by atoms with Gasteiger partial charge in [0.15, 0.2) is 5.16 Å². The summed E-state index contributed by atoms with van der Waals surface area (Å²) < 4.78 is 1.79. The summed E-state index contributed by atoms with van der Waals surface area (Å²) in [6.45, 7) is 0.334. The maximum atomic E-state index is 11.8. The Balaban J connectivity index is 1.88. The largest absolute Gasteiger partial charge is 0.325 e. The molecule has 0 aliphatic rings. The van der Waals surface area contributed by atoms with E-state index in [4.69, 9.17) is 5.73 Å². The Bertz CT molecular complexity index is 555. The van der Waals surface area contributed by atoms with Crippen LogP contribution in [0.15, 0.2) is 35.5 Å². The summed E-state index contributed by atoms with van der Waals surface area (Å²) in [5.41, 5.74) is 6.30. The van der Waals surface area contributed by atoms with Crippen molar-refractivity contribution in [2.24, 2.45) is 12.8 Å². The molecule has 100 valence electrons. The van der Waals surface area contributed by atoms with Crippen LogP contribution in [-0.2, 0) is 18.4 Å². The van der Waals surface area contributed by atoms with Gasteiger partial charge in [0.1, 0.15) is 5.82 Å². The van der Waals surface area contributed by atoms with Crippen LogP contribution in [0.4, 0.5) is 5.69 Å². The molecule has 0 saturated carbocycles. The first-order valence-corrected chi connectivity index (χ1v) is 6.75. The van der Waals surface area contributed by atoms with E-state index in [0.717, 1.165) is 5.69 Å². The van der Waals surface area contributed by atoms with E-state index in [2.05, 4.69) is 15.5 Å². The van der Waals surface area contributed by atoms with Gasteiger partial charge in [-0.2, -0.15) is 0 Å². The van der Waals surface area contributed by atoms with Crippen molar-refractivity contribution in [3.63, 3.8) is 0 Å². The number of nitrogens with two attached hydrogens (primary N) is 1. The summed E-state index contributed by atoms with van der Waals surface area (Å²) in [5.74, 6) is 0.908. The molecule has 1 heterocycles. The zero-order valence-corrected chi connectivity index (χ0v) is 11.4. The molecule has 3 N–H and O–H groups in total. The highest BCUT2D eigenvalue weighted by Crippen LogP contribution is 2.16. The van der Waals surface area contributed by atoms with Crippen molar-refractivity contribution in [2.45, 2.75) is 11.7 Å². The summed E-state index contributed by atoms with van der Waals surface area (Å²) in [4.78, 5) is 11.8. The fourth-order valence-electron chi connectivity index (χ4n) is 1.50. The normalized spacial score (nSPS) is 10.4. The predicted octanol–water partition coefficient (Wildman–Crippen LogP) is 1.00. The lowest BCUT2D eigenvalue weighted by atomic mass is 10.3. The number of amides is 1. The highest BCUT2D eigenvalue weighted by atomic mass is 32.2. The lowest BCUT2D eigenvalue weighted by molar-refractivity contribution is -0.113. The van der Waals surface area contributed by atoms with Gasteiger partial charge in [-0.05, 0) is 12.1 Å². The molecule has 0 bridgehead atoms. The van der Waals surface area contributed by atoms with Crippen LogP contribution in [0.5, 0.6) is 0 Å². The van der Waals surface area contributed by atoms with Crippen molar-refractivity contribution >= 4 is 23.4 Å². The number of hydrogen-bond acceptors (Lipinski definition) is 5. The van der Waals surface area contributed by atoms with Gasteiger partial charge >= 0.3 is 0 Å². The molecule has 0 spiro atoms. The Labute approximate surface area is 115 Å². The second kappa shape index (κ2) is 6.35. The zero-order valence-electron chi connectivity index (χ0n) is 10.5. The van der Waals surface area contributed by atoms with Crippen LogP contribution in [0.3, 0.4) is 0 Å². The van der Waals surface area contributed by atoms with E-state index >= 15 is 0 Å². The van der Waals surface area contributed by atoms with Crippen LogP contribution in [0.1, 0.15) is 5.82 Å². The van der Waals surface area contributed by atoms with Gasteiger partial charge in [0, 0.05) is 12.7 Å². The van der Waals surface area contributed by atoms with Crippen LogP contribution in [-0.4, -0.2) is 26.4 Å². The van der Waals surface area contributed by atoms with Gasteiger partial charge in [-0.1, -0.05) is 30.0 Å². The van der Waals surface area contributed by atoms with Gasteiger partial charge in [0.25, 0.3) is 0 Å². The lowest BCUT2D eigenvalue weighted by Gasteiger charge is -2.04. The third-order valence-corrected chi connectivity index (χ3v) is 3.52. The molecule has 2 rings (SSSR count). The van der Waals surface area contributed by atoms with Crippen LogP contribution < -0.4 is 11.1 Å². The zero-order chi connectivity index (χ0) is 13.7. The molecule has 0 fully saturated rings. The van der Waals surface area contributed by atoms with Gasteiger partial charge in [0.05, 0.1) is 12.3 Å². The summed E-state index contributed by atoms with van der Waals surface area (Å²) in [6, 6.07) is 9.34. The molecule has 6 nitrogen and oxygen atoms in total. The number of carbonyl (C=O) groups excluding carboxylic acids is 1. The number of benzene rings is 1. The van der Waals surface area contributed by atoms with Gasteiger partial charge in [-0.15, -0.1) is 10.2 Å². The van der Waals surface area contributed by atoms with Gasteiger partial charge in [-0.25, -0.2) is 0 Å². The molecule has 2 aromatic rings. The third-order valence-electron chi connectivity index (χ3n) is 2.50. The first-order chi connectivity index (χ1) is 9.20. The van der Waals surface area contributed by atoms with Crippen molar-refractivity contribution < 1.29 is 4.79 Å². The Kier molecular flexibility index (Phi) is 4.53. The molecular weight excluding hydrogens is 262 g/mol. The molecule has 0 radical (unpaired) electrons. The topological polar surface area (TPSA) is 85.8 Å². The Morgan fingerprint density at radius 2 is 2.11 bits per heavy atom. The maximum absolute atomic E-state index is 11.8. The Morgan fingerprint density at radius 3 is 2.74 bits per heavy atom. The number of rotatable bonds is 5. The number of para-hydroxylation sites is 1. The molecule has 0 saturated heterocycles. The highest BCUT2D eigenvalue weighted by Gasteiger charge is 2.10. The molecule has 1 amide bonds. The van der Waals surface area contributed by atoms with Crippen molar-refractivity contribution in [2.75, 3.05) is 11.1 Å². The van der Waals surface area contributed by atoms with E-state index in [0.29, 0.717) is 17.5 Å². The van der Waals surface area contributed by atoms with E-state index in [-0.39, 0.29) is 11.7 Å². The SMILES string of the molecule is Cn1c(CN)nnc1SCC(=O)Nc1ccccc1. The molecule has 1 aromatic carbocycles. The molecule has 7 heteroatoms. The third kappa shape index (κ3) is 3.55. The molecule has 0 unspecified atom stereocenters. The van der Waals surface area contributed by atoms with Crippen molar-refractivity contribution in [1.29, 1.82) is 0 Å². The van der Waals surface area contributed by atoms with E-state index in [1.807, 2.05) is 37.4 Å². The van der Waals surface area contributed by atoms with Crippen LogP contribution in [0.2, 0.25) is 0 Å². The molecule has 0 aliphatic heterocycles. The Morgan fingerprint density at radius 1 is 1.37 bits per heavy atom. The standard InChI is InChI=1S/C12H15N5OS/c1-17-10(7-13)15-16-12(17)19-8-11(18)14-9-5-3-2-4-6-9/h2-6H,7-8,13H2,1H3,(H,14,18). The van der Waals surface area contributed by atoms with E-state index in [9.17, 15) is 4.79 Å². The summed E-state index contributed by atoms with van der Waals surface area (Å²) in [7, 11) is 1.83. The van der Waals surface area contributed by atoms with Crippen molar-refractivity contribution in [1.82, 2.24) is 14.8 Å². The minimum Gasteiger partial charge on any atom is -0.325 e. The minimum atomic E-state index is -0.0755. The number of carbonyl (C=O) groups is 1. The van der Waals surface area contributed by atoms with Gasteiger partial charge in [0.2, 0.25) is 5.91 Å². The first-order valence-electron chi connectivity index (χ1n) is 5.76. The average Bonchev–Trinajstić information content (AvgIpc) is 2.78. The predicted molar refractivity (Wildman–Crippen MR) is 74.7 cm³/mol. The summed E-state index contributed by atoms with van der Waals surface area (Å²) >= 11 is 1.33. The molecule has 1 aromatic heterocycles. The fourth-order valence-corrected chi connectivity index (χ4v) is 2.23. The summed E-state index contributed by atoms with van der Waals surface area (Å²) in [5, 5.41) is 11.4.